The smallest absolute Gasteiger partial charge is 0.221 e. The van der Waals surface area contributed by atoms with Crippen molar-refractivity contribution in [2.24, 2.45) is 0 Å². The van der Waals surface area contributed by atoms with Crippen LogP contribution in [0.15, 0.2) is 30.5 Å². The third kappa shape index (κ3) is 3.49. The van der Waals surface area contributed by atoms with Crippen LogP contribution < -0.4 is 10.6 Å². The molecule has 3 aromatic rings. The van der Waals surface area contributed by atoms with Crippen molar-refractivity contribution in [3.05, 3.63) is 30.5 Å². The molecule has 0 aliphatic heterocycles. The van der Waals surface area contributed by atoms with E-state index in [2.05, 4.69) is 20.7 Å². The lowest BCUT2D eigenvalue weighted by Gasteiger charge is -2.04. The van der Waals surface area contributed by atoms with Crippen LogP contribution in [0.25, 0.3) is 16.2 Å². The SMILES string of the molecule is CC(=O)Nc1cccc(-c2cnc3sc(NCCCO)nn23)c1. The minimum atomic E-state index is -0.107. The zero-order chi connectivity index (χ0) is 16.2. The van der Waals surface area contributed by atoms with Crippen molar-refractivity contribution in [1.82, 2.24) is 14.6 Å². The van der Waals surface area contributed by atoms with E-state index in [1.807, 2.05) is 24.3 Å². The first kappa shape index (κ1) is 15.4. The van der Waals surface area contributed by atoms with E-state index in [9.17, 15) is 4.79 Å². The Morgan fingerprint density at radius 2 is 2.30 bits per heavy atom. The van der Waals surface area contributed by atoms with Crippen molar-refractivity contribution >= 4 is 33.0 Å². The normalized spacial score (nSPS) is 10.9. The average molecular weight is 331 g/mol. The highest BCUT2D eigenvalue weighted by Gasteiger charge is 2.12. The molecule has 2 heterocycles. The van der Waals surface area contributed by atoms with Crippen molar-refractivity contribution in [1.29, 1.82) is 0 Å². The van der Waals surface area contributed by atoms with Gasteiger partial charge < -0.3 is 15.7 Å². The fraction of sp³-hybridized carbons (Fsp3) is 0.267. The molecule has 0 radical (unpaired) electrons. The number of anilines is 2. The molecule has 0 atom stereocenters. The molecule has 0 spiro atoms. The molecule has 0 fully saturated rings. The van der Waals surface area contributed by atoms with Crippen LogP contribution in [0.4, 0.5) is 10.8 Å². The minimum Gasteiger partial charge on any atom is -0.396 e. The molecule has 0 aliphatic carbocycles. The number of carbonyl (C=O) groups excluding carboxylic acids is 1. The molecule has 0 bridgehead atoms. The number of aliphatic hydroxyl groups is 1. The van der Waals surface area contributed by atoms with E-state index < -0.39 is 0 Å². The number of nitrogens with one attached hydrogen (secondary N) is 2. The number of hydrogen-bond donors (Lipinski definition) is 3. The largest absolute Gasteiger partial charge is 0.396 e. The molecule has 3 N–H and O–H groups in total. The van der Waals surface area contributed by atoms with Crippen molar-refractivity contribution in [3.63, 3.8) is 0 Å². The molecule has 3 rings (SSSR count). The third-order valence-electron chi connectivity index (χ3n) is 3.18. The van der Waals surface area contributed by atoms with Crippen molar-refractivity contribution in [3.8, 4) is 11.3 Å². The van der Waals surface area contributed by atoms with Crippen LogP contribution in [0.2, 0.25) is 0 Å². The molecule has 1 amide bonds. The molecule has 0 saturated heterocycles. The van der Waals surface area contributed by atoms with E-state index in [1.165, 1.54) is 18.3 Å². The Morgan fingerprint density at radius 1 is 1.43 bits per heavy atom. The molecule has 120 valence electrons. The van der Waals surface area contributed by atoms with Gasteiger partial charge in [0.1, 0.15) is 0 Å². The topological polar surface area (TPSA) is 91.5 Å². The van der Waals surface area contributed by atoms with E-state index >= 15 is 0 Å². The Morgan fingerprint density at radius 3 is 3.09 bits per heavy atom. The van der Waals surface area contributed by atoms with Gasteiger partial charge in [0, 0.05) is 31.3 Å². The molecule has 2 aromatic heterocycles. The Hall–Kier alpha value is -2.45. The van der Waals surface area contributed by atoms with Crippen LogP contribution >= 0.6 is 11.3 Å². The molecule has 7 nitrogen and oxygen atoms in total. The van der Waals surface area contributed by atoms with Gasteiger partial charge in [-0.15, -0.1) is 5.10 Å². The van der Waals surface area contributed by atoms with Gasteiger partial charge in [-0.3, -0.25) is 4.79 Å². The first-order valence-electron chi connectivity index (χ1n) is 7.24. The first-order valence-corrected chi connectivity index (χ1v) is 8.06. The summed E-state index contributed by atoms with van der Waals surface area (Å²) < 4.78 is 1.78. The number of rotatable bonds is 6. The minimum absolute atomic E-state index is 0.107. The first-order chi connectivity index (χ1) is 11.2. The van der Waals surface area contributed by atoms with Crippen LogP contribution in [0, 0.1) is 0 Å². The summed E-state index contributed by atoms with van der Waals surface area (Å²) in [5, 5.41) is 20.0. The van der Waals surface area contributed by atoms with E-state index in [4.69, 9.17) is 5.11 Å². The third-order valence-corrected chi connectivity index (χ3v) is 4.06. The van der Waals surface area contributed by atoms with Crippen molar-refractivity contribution in [2.75, 3.05) is 23.8 Å². The van der Waals surface area contributed by atoms with E-state index in [0.29, 0.717) is 13.0 Å². The second-order valence-electron chi connectivity index (χ2n) is 5.01. The fourth-order valence-corrected chi connectivity index (χ4v) is 3.00. The number of hydrogen-bond acceptors (Lipinski definition) is 6. The van der Waals surface area contributed by atoms with Gasteiger partial charge in [-0.2, -0.15) is 0 Å². The van der Waals surface area contributed by atoms with Crippen LogP contribution in [0.5, 0.6) is 0 Å². The van der Waals surface area contributed by atoms with Gasteiger partial charge in [0.15, 0.2) is 0 Å². The summed E-state index contributed by atoms with van der Waals surface area (Å²) in [6, 6.07) is 7.56. The van der Waals surface area contributed by atoms with Gasteiger partial charge in [-0.25, -0.2) is 9.50 Å². The predicted octanol–water partition coefficient (Wildman–Crippen LogP) is 2.21. The summed E-state index contributed by atoms with van der Waals surface area (Å²) in [5.41, 5.74) is 2.52. The summed E-state index contributed by atoms with van der Waals surface area (Å²) in [5.74, 6) is -0.107. The lowest BCUT2D eigenvalue weighted by Crippen LogP contribution is -2.05. The number of aromatic nitrogens is 3. The Kier molecular flexibility index (Phi) is 4.54. The molecule has 0 saturated carbocycles. The fourth-order valence-electron chi connectivity index (χ4n) is 2.19. The molecule has 8 heteroatoms. The van der Waals surface area contributed by atoms with E-state index in [-0.39, 0.29) is 12.5 Å². The monoisotopic (exact) mass is 331 g/mol. The number of fused-ring (bicyclic) bond motifs is 1. The van der Waals surface area contributed by atoms with Gasteiger partial charge in [-0.1, -0.05) is 23.5 Å². The highest BCUT2D eigenvalue weighted by atomic mass is 32.1. The molecular formula is C15H17N5O2S. The number of nitrogens with zero attached hydrogens (tertiary/aromatic N) is 3. The number of amides is 1. The molecule has 23 heavy (non-hydrogen) atoms. The molecule has 0 aliphatic rings. The summed E-state index contributed by atoms with van der Waals surface area (Å²) >= 11 is 1.46. The van der Waals surface area contributed by atoms with E-state index in [0.717, 1.165) is 27.0 Å². The van der Waals surface area contributed by atoms with Gasteiger partial charge in [0.2, 0.25) is 16.0 Å². The Balaban J connectivity index is 1.89. The number of aliphatic hydroxyl groups excluding tert-OH is 1. The maximum atomic E-state index is 11.2. The Bertz CT molecular complexity index is 826. The maximum Gasteiger partial charge on any atom is 0.221 e. The maximum absolute atomic E-state index is 11.2. The zero-order valence-corrected chi connectivity index (χ0v) is 13.4. The highest BCUT2D eigenvalue weighted by Crippen LogP contribution is 2.27. The van der Waals surface area contributed by atoms with Crippen LogP contribution in [-0.2, 0) is 4.79 Å². The van der Waals surface area contributed by atoms with Gasteiger partial charge in [0.05, 0.1) is 11.9 Å². The van der Waals surface area contributed by atoms with Gasteiger partial charge in [-0.05, 0) is 18.6 Å². The number of imidazole rings is 1. The standard InChI is InChI=1S/C15H17N5O2S/c1-10(22)18-12-5-2-4-11(8-12)13-9-17-15-20(13)19-14(23-15)16-6-3-7-21/h2,4-5,8-9,21H,3,6-7H2,1H3,(H,16,19)(H,18,22). The van der Waals surface area contributed by atoms with Crippen molar-refractivity contribution in [2.45, 2.75) is 13.3 Å². The number of carbonyl (C=O) groups is 1. The predicted molar refractivity (Wildman–Crippen MR) is 90.8 cm³/mol. The second-order valence-corrected chi connectivity index (χ2v) is 5.97. The Labute approximate surface area is 137 Å². The summed E-state index contributed by atoms with van der Waals surface area (Å²) in [6.45, 7) is 2.30. The van der Waals surface area contributed by atoms with Crippen LogP contribution in [0.3, 0.4) is 0 Å². The molecular weight excluding hydrogens is 314 g/mol. The van der Waals surface area contributed by atoms with Gasteiger partial charge >= 0.3 is 0 Å². The lowest BCUT2D eigenvalue weighted by molar-refractivity contribution is -0.114. The molecule has 0 unspecified atom stereocenters. The van der Waals surface area contributed by atoms with Gasteiger partial charge in [0.25, 0.3) is 0 Å². The zero-order valence-electron chi connectivity index (χ0n) is 12.6. The van der Waals surface area contributed by atoms with Crippen LogP contribution in [-0.4, -0.2) is 38.8 Å². The molecule has 1 aromatic carbocycles. The summed E-state index contributed by atoms with van der Waals surface area (Å²) in [7, 11) is 0. The van der Waals surface area contributed by atoms with E-state index in [1.54, 1.807) is 10.7 Å². The summed E-state index contributed by atoms with van der Waals surface area (Å²) in [4.78, 5) is 16.4. The summed E-state index contributed by atoms with van der Waals surface area (Å²) in [6.07, 6.45) is 2.44. The quantitative estimate of drug-likeness (QED) is 0.602. The second kappa shape index (κ2) is 6.76. The van der Waals surface area contributed by atoms with Crippen molar-refractivity contribution < 1.29 is 9.90 Å². The lowest BCUT2D eigenvalue weighted by atomic mass is 10.1. The van der Waals surface area contributed by atoms with Crippen LogP contribution in [0.1, 0.15) is 13.3 Å². The number of benzene rings is 1. The highest BCUT2D eigenvalue weighted by molar-refractivity contribution is 7.20. The average Bonchev–Trinajstić information content (AvgIpc) is 3.07.